The van der Waals surface area contributed by atoms with E-state index in [0.717, 1.165) is 23.6 Å². The normalized spacial score (nSPS) is 11.2. The highest BCUT2D eigenvalue weighted by atomic mass is 15.0. The third kappa shape index (κ3) is 3.45. The van der Waals surface area contributed by atoms with Crippen molar-refractivity contribution in [3.05, 3.63) is 60.7 Å². The number of hydrogen-bond donors (Lipinski definition) is 1. The van der Waals surface area contributed by atoms with Gasteiger partial charge in [0.25, 0.3) is 0 Å². The molecule has 2 rings (SSSR count). The number of para-hydroxylation sites is 2. The zero-order valence-electron chi connectivity index (χ0n) is 9.93. The molecule has 0 bridgehead atoms. The zero-order valence-corrected chi connectivity index (χ0v) is 9.93. The quantitative estimate of drug-likeness (QED) is 0.612. The molecule has 17 heavy (non-hydrogen) atoms. The van der Waals surface area contributed by atoms with Gasteiger partial charge in [0.2, 0.25) is 0 Å². The number of anilines is 1. The van der Waals surface area contributed by atoms with Gasteiger partial charge in [-0.05, 0) is 24.3 Å². The van der Waals surface area contributed by atoms with E-state index in [-0.39, 0.29) is 0 Å². The van der Waals surface area contributed by atoms with Crippen LogP contribution in [0.15, 0.2) is 65.7 Å². The lowest BCUT2D eigenvalue weighted by atomic mass is 10.3. The van der Waals surface area contributed by atoms with Crippen molar-refractivity contribution >= 4 is 17.2 Å². The number of rotatable bonds is 3. The van der Waals surface area contributed by atoms with Crippen LogP contribution in [0, 0.1) is 0 Å². The molecule has 0 atom stereocenters. The van der Waals surface area contributed by atoms with Gasteiger partial charge in [0, 0.05) is 12.1 Å². The minimum atomic E-state index is 0.879. The van der Waals surface area contributed by atoms with Crippen LogP contribution in [0.5, 0.6) is 0 Å². The standard InChI is InChI=1S/C15H16N2/c1-2-15(16-13-9-5-3-6-10-13)17-14-11-7-4-8-12-14/h3-12H,2H2,1H3,(H,16,17). The summed E-state index contributed by atoms with van der Waals surface area (Å²) in [6, 6.07) is 20.1. The average molecular weight is 224 g/mol. The first-order valence-corrected chi connectivity index (χ1v) is 5.83. The molecule has 86 valence electrons. The lowest BCUT2D eigenvalue weighted by molar-refractivity contribution is 1.25. The van der Waals surface area contributed by atoms with E-state index in [2.05, 4.69) is 17.2 Å². The van der Waals surface area contributed by atoms with Crippen LogP contribution in [-0.2, 0) is 0 Å². The van der Waals surface area contributed by atoms with Gasteiger partial charge in [0.15, 0.2) is 0 Å². The number of hydrogen-bond acceptors (Lipinski definition) is 1. The second kappa shape index (κ2) is 5.85. The Morgan fingerprint density at radius 1 is 0.941 bits per heavy atom. The van der Waals surface area contributed by atoms with Gasteiger partial charge >= 0.3 is 0 Å². The molecule has 0 amide bonds. The maximum atomic E-state index is 4.58. The molecule has 0 aliphatic carbocycles. The van der Waals surface area contributed by atoms with E-state index in [9.17, 15) is 0 Å². The summed E-state index contributed by atoms with van der Waals surface area (Å²) in [7, 11) is 0. The van der Waals surface area contributed by atoms with E-state index in [1.54, 1.807) is 0 Å². The Morgan fingerprint density at radius 3 is 2.12 bits per heavy atom. The highest BCUT2D eigenvalue weighted by Crippen LogP contribution is 2.13. The SMILES string of the molecule is CCC(=Nc1ccccc1)Nc1ccccc1. The molecule has 2 nitrogen and oxygen atoms in total. The predicted molar refractivity (Wildman–Crippen MR) is 73.9 cm³/mol. The number of aliphatic imine (C=N–C) groups is 1. The molecule has 1 N–H and O–H groups in total. The molecule has 2 aromatic carbocycles. The van der Waals surface area contributed by atoms with Gasteiger partial charge < -0.3 is 5.32 Å². The largest absolute Gasteiger partial charge is 0.344 e. The summed E-state index contributed by atoms with van der Waals surface area (Å²) < 4.78 is 0. The number of nitrogens with zero attached hydrogens (tertiary/aromatic N) is 1. The monoisotopic (exact) mass is 224 g/mol. The summed E-state index contributed by atoms with van der Waals surface area (Å²) in [4.78, 5) is 4.58. The third-order valence-electron chi connectivity index (χ3n) is 2.42. The first kappa shape index (κ1) is 11.4. The van der Waals surface area contributed by atoms with Gasteiger partial charge in [-0.15, -0.1) is 0 Å². The fourth-order valence-corrected chi connectivity index (χ4v) is 1.54. The van der Waals surface area contributed by atoms with Crippen molar-refractivity contribution in [1.82, 2.24) is 0 Å². The fourth-order valence-electron chi connectivity index (χ4n) is 1.54. The van der Waals surface area contributed by atoms with Crippen molar-refractivity contribution in [3.63, 3.8) is 0 Å². The topological polar surface area (TPSA) is 24.4 Å². The van der Waals surface area contributed by atoms with E-state index >= 15 is 0 Å². The minimum Gasteiger partial charge on any atom is -0.344 e. The lowest BCUT2D eigenvalue weighted by Gasteiger charge is -2.07. The summed E-state index contributed by atoms with van der Waals surface area (Å²) in [6.45, 7) is 2.09. The Balaban J connectivity index is 2.15. The van der Waals surface area contributed by atoms with Crippen molar-refractivity contribution in [1.29, 1.82) is 0 Å². The van der Waals surface area contributed by atoms with E-state index in [0.29, 0.717) is 0 Å². The van der Waals surface area contributed by atoms with Crippen molar-refractivity contribution < 1.29 is 0 Å². The summed E-state index contributed by atoms with van der Waals surface area (Å²) >= 11 is 0. The second-order valence-corrected chi connectivity index (χ2v) is 3.74. The molecule has 0 saturated carbocycles. The fraction of sp³-hybridized carbons (Fsp3) is 0.133. The lowest BCUT2D eigenvalue weighted by Crippen LogP contribution is -2.09. The minimum absolute atomic E-state index is 0.879. The van der Waals surface area contributed by atoms with Gasteiger partial charge in [-0.25, -0.2) is 4.99 Å². The van der Waals surface area contributed by atoms with Crippen molar-refractivity contribution in [3.8, 4) is 0 Å². The van der Waals surface area contributed by atoms with E-state index in [1.807, 2.05) is 60.7 Å². The van der Waals surface area contributed by atoms with Crippen LogP contribution in [0.1, 0.15) is 13.3 Å². The molecule has 0 fully saturated rings. The molecule has 0 heterocycles. The summed E-state index contributed by atoms with van der Waals surface area (Å²) in [5.41, 5.74) is 2.05. The first-order valence-electron chi connectivity index (χ1n) is 5.83. The van der Waals surface area contributed by atoms with Crippen molar-refractivity contribution in [2.75, 3.05) is 5.32 Å². The van der Waals surface area contributed by atoms with Crippen LogP contribution in [0.4, 0.5) is 11.4 Å². The summed E-state index contributed by atoms with van der Waals surface area (Å²) in [5.74, 6) is 0.974. The maximum absolute atomic E-state index is 4.58. The Hall–Kier alpha value is -2.09. The van der Waals surface area contributed by atoms with Gasteiger partial charge in [-0.3, -0.25) is 0 Å². The van der Waals surface area contributed by atoms with Crippen molar-refractivity contribution in [2.24, 2.45) is 4.99 Å². The molecule has 2 heteroatoms. The Bertz CT molecular complexity index is 475. The highest BCUT2D eigenvalue weighted by molar-refractivity contribution is 5.96. The van der Waals surface area contributed by atoms with Crippen LogP contribution in [0.25, 0.3) is 0 Å². The van der Waals surface area contributed by atoms with Gasteiger partial charge in [-0.2, -0.15) is 0 Å². The maximum Gasteiger partial charge on any atom is 0.106 e. The summed E-state index contributed by atoms with van der Waals surface area (Å²) in [6.07, 6.45) is 0.879. The van der Waals surface area contributed by atoms with Crippen LogP contribution < -0.4 is 5.32 Å². The van der Waals surface area contributed by atoms with Crippen LogP contribution in [0.2, 0.25) is 0 Å². The van der Waals surface area contributed by atoms with Gasteiger partial charge in [-0.1, -0.05) is 43.3 Å². The molecule has 0 aliphatic heterocycles. The smallest absolute Gasteiger partial charge is 0.106 e. The zero-order chi connectivity index (χ0) is 11.9. The molecular weight excluding hydrogens is 208 g/mol. The molecule has 0 spiro atoms. The Kier molecular flexibility index (Phi) is 3.92. The Labute approximate surface area is 102 Å². The molecule has 0 radical (unpaired) electrons. The molecule has 0 aliphatic rings. The molecular formula is C15H16N2. The van der Waals surface area contributed by atoms with Crippen LogP contribution in [0.3, 0.4) is 0 Å². The molecule has 0 aromatic heterocycles. The van der Waals surface area contributed by atoms with Crippen molar-refractivity contribution in [2.45, 2.75) is 13.3 Å². The number of nitrogens with one attached hydrogen (secondary N) is 1. The molecule has 0 saturated heterocycles. The van der Waals surface area contributed by atoms with Crippen LogP contribution in [-0.4, -0.2) is 5.84 Å². The van der Waals surface area contributed by atoms with Gasteiger partial charge in [0.1, 0.15) is 5.84 Å². The first-order chi connectivity index (χ1) is 8.38. The predicted octanol–water partition coefficient (Wildman–Crippen LogP) is 4.24. The summed E-state index contributed by atoms with van der Waals surface area (Å²) in [5, 5.41) is 3.33. The van der Waals surface area contributed by atoms with Crippen LogP contribution >= 0.6 is 0 Å². The van der Waals surface area contributed by atoms with E-state index in [4.69, 9.17) is 0 Å². The molecule has 0 unspecified atom stereocenters. The molecule has 2 aromatic rings. The Morgan fingerprint density at radius 2 is 1.53 bits per heavy atom. The third-order valence-corrected chi connectivity index (χ3v) is 2.42. The number of benzene rings is 2. The van der Waals surface area contributed by atoms with E-state index in [1.165, 1.54) is 0 Å². The highest BCUT2D eigenvalue weighted by Gasteiger charge is 1.97. The van der Waals surface area contributed by atoms with Gasteiger partial charge in [0.05, 0.1) is 5.69 Å². The average Bonchev–Trinajstić information content (AvgIpc) is 2.40. The second-order valence-electron chi connectivity index (χ2n) is 3.74. The van der Waals surface area contributed by atoms with E-state index < -0.39 is 0 Å². The number of amidine groups is 1.